The summed E-state index contributed by atoms with van der Waals surface area (Å²) in [6.45, 7) is 1.47. The molecule has 0 saturated carbocycles. The zero-order valence-electron chi connectivity index (χ0n) is 14.6. The van der Waals surface area contributed by atoms with Crippen molar-refractivity contribution in [2.45, 2.75) is 17.6 Å². The van der Waals surface area contributed by atoms with Gasteiger partial charge in [0.05, 0.1) is 12.5 Å². The van der Waals surface area contributed by atoms with E-state index in [-0.39, 0.29) is 24.1 Å². The predicted octanol–water partition coefficient (Wildman–Crippen LogP) is 0.473. The highest BCUT2D eigenvalue weighted by molar-refractivity contribution is 7.89. The van der Waals surface area contributed by atoms with Crippen LogP contribution in [-0.2, 0) is 14.8 Å². The maximum Gasteiger partial charge on any atom is 0.267 e. The number of hydrogen-bond donors (Lipinski definition) is 1. The molecule has 0 spiro atoms. The molecule has 1 aromatic heterocycles. The zero-order valence-corrected chi connectivity index (χ0v) is 15.4. The van der Waals surface area contributed by atoms with Crippen LogP contribution in [0.2, 0.25) is 0 Å². The number of carbonyl (C=O) groups is 1. The summed E-state index contributed by atoms with van der Waals surface area (Å²) < 4.78 is 38.0. The average Bonchev–Trinajstić information content (AvgIpc) is 3.12. The number of carbonyl (C=O) groups excluding carboxylic acids is 1. The van der Waals surface area contributed by atoms with Crippen LogP contribution in [0.15, 0.2) is 41.8 Å². The number of imidazole rings is 1. The van der Waals surface area contributed by atoms with Gasteiger partial charge >= 0.3 is 0 Å². The Morgan fingerprint density at radius 1 is 1.15 bits per heavy atom. The lowest BCUT2D eigenvalue weighted by Gasteiger charge is -2.30. The Balaban J connectivity index is 1.42. The molecule has 1 atom stereocenters. The minimum atomic E-state index is -3.63. The zero-order chi connectivity index (χ0) is 18.9. The van der Waals surface area contributed by atoms with E-state index in [9.17, 15) is 13.2 Å². The van der Waals surface area contributed by atoms with Crippen LogP contribution in [0.5, 0.6) is 11.5 Å². The van der Waals surface area contributed by atoms with E-state index in [1.165, 1.54) is 16.8 Å². The highest BCUT2D eigenvalue weighted by Crippen LogP contribution is 2.31. The van der Waals surface area contributed by atoms with Crippen LogP contribution in [0, 0.1) is 0 Å². The number of hydrogen-bond acceptors (Lipinski definition) is 6. The third kappa shape index (κ3) is 3.50. The van der Waals surface area contributed by atoms with E-state index in [0.717, 1.165) is 0 Å². The highest BCUT2D eigenvalue weighted by atomic mass is 32.2. The molecule has 4 rings (SSSR count). The van der Waals surface area contributed by atoms with Gasteiger partial charge in [-0.25, -0.2) is 13.4 Å². The molecule has 1 amide bonds. The first-order chi connectivity index (χ1) is 13.1. The molecule has 1 aromatic carbocycles. The van der Waals surface area contributed by atoms with E-state index in [1.54, 1.807) is 17.0 Å². The van der Waals surface area contributed by atoms with Gasteiger partial charge < -0.3 is 19.4 Å². The van der Waals surface area contributed by atoms with Crippen molar-refractivity contribution in [3.8, 4) is 11.5 Å². The molecule has 10 heteroatoms. The van der Waals surface area contributed by atoms with E-state index in [1.807, 2.05) is 12.1 Å². The minimum Gasteiger partial charge on any atom is -0.485 e. The Morgan fingerprint density at radius 2 is 1.96 bits per heavy atom. The summed E-state index contributed by atoms with van der Waals surface area (Å²) in [6.07, 6.45) is 2.44. The van der Waals surface area contributed by atoms with Gasteiger partial charge in [-0.15, -0.1) is 0 Å². The van der Waals surface area contributed by atoms with E-state index in [0.29, 0.717) is 37.6 Å². The molecule has 0 bridgehead atoms. The number of ether oxygens (including phenoxy) is 2. The van der Waals surface area contributed by atoms with E-state index in [4.69, 9.17) is 9.47 Å². The molecule has 0 aliphatic carbocycles. The number of amides is 1. The van der Waals surface area contributed by atoms with Gasteiger partial charge in [0, 0.05) is 26.2 Å². The number of benzene rings is 1. The van der Waals surface area contributed by atoms with Crippen molar-refractivity contribution in [3.05, 3.63) is 36.8 Å². The van der Waals surface area contributed by atoms with Gasteiger partial charge in [-0.05, 0) is 18.6 Å². The van der Waals surface area contributed by atoms with Crippen molar-refractivity contribution in [1.29, 1.82) is 0 Å². The van der Waals surface area contributed by atoms with Gasteiger partial charge in [-0.2, -0.15) is 4.31 Å². The predicted molar refractivity (Wildman–Crippen MR) is 94.9 cm³/mol. The lowest BCUT2D eigenvalue weighted by atomic mass is 10.2. The summed E-state index contributed by atoms with van der Waals surface area (Å²) in [4.78, 5) is 20.9. The molecular formula is C17H20N4O5S. The smallest absolute Gasteiger partial charge is 0.267 e. The van der Waals surface area contributed by atoms with Crippen molar-refractivity contribution < 1.29 is 22.7 Å². The molecule has 2 aromatic rings. The summed E-state index contributed by atoms with van der Waals surface area (Å²) in [5.41, 5.74) is 0. The van der Waals surface area contributed by atoms with Crippen molar-refractivity contribution in [2.24, 2.45) is 0 Å². The molecule has 1 fully saturated rings. The second-order valence-corrected chi connectivity index (χ2v) is 8.27. The normalized spacial score (nSPS) is 20.9. The summed E-state index contributed by atoms with van der Waals surface area (Å²) in [5, 5.41) is 0.0582. The summed E-state index contributed by atoms with van der Waals surface area (Å²) in [6, 6.07) is 7.21. The quantitative estimate of drug-likeness (QED) is 0.814. The van der Waals surface area contributed by atoms with Crippen LogP contribution in [-0.4, -0.2) is 72.4 Å². The molecule has 0 radical (unpaired) electrons. The minimum absolute atomic E-state index is 0.0582. The number of fused-ring (bicyclic) bond motifs is 1. The van der Waals surface area contributed by atoms with Gasteiger partial charge in [0.15, 0.2) is 16.5 Å². The molecule has 2 aliphatic rings. The van der Waals surface area contributed by atoms with Crippen LogP contribution >= 0.6 is 0 Å². The van der Waals surface area contributed by atoms with Gasteiger partial charge in [-0.3, -0.25) is 4.79 Å². The third-order valence-corrected chi connectivity index (χ3v) is 6.47. The fourth-order valence-corrected chi connectivity index (χ4v) is 4.59. The largest absolute Gasteiger partial charge is 0.485 e. The fraction of sp³-hybridized carbons (Fsp3) is 0.412. The molecule has 3 heterocycles. The first kappa shape index (κ1) is 17.8. The number of nitrogens with zero attached hydrogens (tertiary/aromatic N) is 3. The lowest BCUT2D eigenvalue weighted by molar-refractivity contribution is -0.141. The Labute approximate surface area is 156 Å². The first-order valence-corrected chi connectivity index (χ1v) is 10.2. The Hall–Kier alpha value is -2.59. The molecule has 9 nitrogen and oxygen atoms in total. The van der Waals surface area contributed by atoms with Gasteiger partial charge in [0.1, 0.15) is 6.61 Å². The van der Waals surface area contributed by atoms with Gasteiger partial charge in [0.2, 0.25) is 6.10 Å². The number of rotatable bonds is 3. The lowest BCUT2D eigenvalue weighted by Crippen LogP contribution is -2.47. The monoisotopic (exact) mass is 392 g/mol. The Kier molecular flexibility index (Phi) is 4.75. The Bertz CT molecular complexity index is 915. The van der Waals surface area contributed by atoms with Gasteiger partial charge in [-0.1, -0.05) is 12.1 Å². The van der Waals surface area contributed by atoms with E-state index >= 15 is 0 Å². The second kappa shape index (κ2) is 7.20. The molecule has 2 aliphatic heterocycles. The summed E-state index contributed by atoms with van der Waals surface area (Å²) in [7, 11) is -3.63. The van der Waals surface area contributed by atoms with Crippen LogP contribution in [0.3, 0.4) is 0 Å². The van der Waals surface area contributed by atoms with Crippen molar-refractivity contribution in [3.63, 3.8) is 0 Å². The fourth-order valence-electron chi connectivity index (χ4n) is 3.22. The average molecular weight is 392 g/mol. The van der Waals surface area contributed by atoms with Crippen molar-refractivity contribution in [1.82, 2.24) is 19.2 Å². The number of aromatic nitrogens is 2. The SMILES string of the molecule is O=C(C1COc2ccccc2O1)N1CCCN(S(=O)(=O)c2cnc[nH]2)CC1. The molecule has 1 N–H and O–H groups in total. The number of nitrogens with one attached hydrogen (secondary N) is 1. The molecule has 1 saturated heterocycles. The standard InChI is InChI=1S/C17H20N4O5S/c22-17(15-11-25-13-4-1-2-5-14(13)26-15)20-6-3-7-21(9-8-20)27(23,24)16-10-18-12-19-16/h1-2,4-5,10,12,15H,3,6-9,11H2,(H,18,19). The third-order valence-electron chi connectivity index (χ3n) is 4.64. The highest BCUT2D eigenvalue weighted by Gasteiger charge is 2.34. The van der Waals surface area contributed by atoms with E-state index in [2.05, 4.69) is 9.97 Å². The maximum absolute atomic E-state index is 12.8. The van der Waals surface area contributed by atoms with Crippen LogP contribution in [0.4, 0.5) is 0 Å². The number of sulfonamides is 1. The van der Waals surface area contributed by atoms with Crippen LogP contribution < -0.4 is 9.47 Å². The Morgan fingerprint density at radius 3 is 2.74 bits per heavy atom. The summed E-state index contributed by atoms with van der Waals surface area (Å²) >= 11 is 0. The topological polar surface area (TPSA) is 105 Å². The first-order valence-electron chi connectivity index (χ1n) is 8.71. The molecule has 1 unspecified atom stereocenters. The maximum atomic E-state index is 12.8. The number of para-hydroxylation sites is 2. The van der Waals surface area contributed by atoms with Crippen LogP contribution in [0.25, 0.3) is 0 Å². The molecule has 27 heavy (non-hydrogen) atoms. The van der Waals surface area contributed by atoms with E-state index < -0.39 is 16.1 Å². The van der Waals surface area contributed by atoms with Crippen molar-refractivity contribution in [2.75, 3.05) is 32.8 Å². The second-order valence-electron chi connectivity index (χ2n) is 6.36. The number of H-pyrrole nitrogens is 1. The van der Waals surface area contributed by atoms with Gasteiger partial charge in [0.25, 0.3) is 15.9 Å². The molecule has 144 valence electrons. The molecular weight excluding hydrogens is 372 g/mol. The van der Waals surface area contributed by atoms with Crippen molar-refractivity contribution >= 4 is 15.9 Å². The summed E-state index contributed by atoms with van der Waals surface area (Å²) in [5.74, 6) is 0.972. The van der Waals surface area contributed by atoms with Crippen LogP contribution in [0.1, 0.15) is 6.42 Å². The number of aromatic amines is 1.